The van der Waals surface area contributed by atoms with Crippen molar-refractivity contribution in [3.8, 4) is 5.75 Å². The van der Waals surface area contributed by atoms with E-state index in [1.54, 1.807) is 23.1 Å². The highest BCUT2D eigenvalue weighted by molar-refractivity contribution is 6.01. The number of carbonyl (C=O) groups excluding carboxylic acids is 2. The molecule has 35 heavy (non-hydrogen) atoms. The SMILES string of the molecule is C[C@H](O)CN(CCN1CCCC1=O)C(=O)c1c(O)c2ncc(Cc3ccc(F)cc3)cc2[nH]c1=O. The van der Waals surface area contributed by atoms with Crippen LogP contribution in [0.15, 0.2) is 41.3 Å². The minimum atomic E-state index is -0.873. The fourth-order valence-electron chi connectivity index (χ4n) is 4.27. The number of aliphatic hydroxyl groups excluding tert-OH is 1. The van der Waals surface area contributed by atoms with Gasteiger partial charge >= 0.3 is 0 Å². The second kappa shape index (κ2) is 10.2. The number of halogens is 1. The number of aromatic hydroxyl groups is 1. The number of nitrogens with zero attached hydrogens (tertiary/aromatic N) is 3. The highest BCUT2D eigenvalue weighted by atomic mass is 19.1. The number of aromatic amines is 1. The smallest absolute Gasteiger partial charge is 0.265 e. The van der Waals surface area contributed by atoms with E-state index >= 15 is 0 Å². The molecule has 10 heteroatoms. The van der Waals surface area contributed by atoms with E-state index in [2.05, 4.69) is 9.97 Å². The number of carbonyl (C=O) groups is 2. The zero-order valence-electron chi connectivity index (χ0n) is 19.3. The third kappa shape index (κ3) is 5.48. The summed E-state index contributed by atoms with van der Waals surface area (Å²) < 4.78 is 13.2. The Morgan fingerprint density at radius 3 is 2.66 bits per heavy atom. The first-order valence-electron chi connectivity index (χ1n) is 11.5. The van der Waals surface area contributed by atoms with E-state index in [-0.39, 0.29) is 42.4 Å². The van der Waals surface area contributed by atoms with E-state index in [1.165, 1.54) is 30.2 Å². The van der Waals surface area contributed by atoms with Gasteiger partial charge in [-0.2, -0.15) is 0 Å². The number of nitrogens with one attached hydrogen (secondary N) is 1. The Labute approximate surface area is 200 Å². The van der Waals surface area contributed by atoms with Crippen LogP contribution in [0.1, 0.15) is 41.3 Å². The van der Waals surface area contributed by atoms with Crippen molar-refractivity contribution >= 4 is 22.8 Å². The molecule has 1 saturated heterocycles. The van der Waals surface area contributed by atoms with E-state index in [0.717, 1.165) is 17.5 Å². The van der Waals surface area contributed by atoms with Crippen LogP contribution in [0.2, 0.25) is 0 Å². The van der Waals surface area contributed by atoms with Gasteiger partial charge in [-0.3, -0.25) is 19.4 Å². The maximum Gasteiger partial charge on any atom is 0.265 e. The minimum absolute atomic E-state index is 0.00138. The van der Waals surface area contributed by atoms with Gasteiger partial charge in [0.25, 0.3) is 11.5 Å². The molecule has 2 amide bonds. The van der Waals surface area contributed by atoms with Gasteiger partial charge in [-0.1, -0.05) is 12.1 Å². The summed E-state index contributed by atoms with van der Waals surface area (Å²) in [6.07, 6.45) is 2.30. The van der Waals surface area contributed by atoms with Crippen LogP contribution >= 0.6 is 0 Å². The number of aromatic nitrogens is 2. The molecule has 0 unspecified atom stereocenters. The minimum Gasteiger partial charge on any atom is -0.505 e. The van der Waals surface area contributed by atoms with Crippen LogP contribution in [0.4, 0.5) is 4.39 Å². The number of pyridine rings is 2. The summed E-state index contributed by atoms with van der Waals surface area (Å²) >= 11 is 0. The van der Waals surface area contributed by atoms with Crippen LogP contribution in [-0.4, -0.2) is 74.1 Å². The molecular weight excluding hydrogens is 455 g/mol. The Morgan fingerprint density at radius 2 is 2.00 bits per heavy atom. The van der Waals surface area contributed by atoms with Crippen LogP contribution in [0.25, 0.3) is 11.0 Å². The van der Waals surface area contributed by atoms with E-state index in [4.69, 9.17) is 0 Å². The van der Waals surface area contributed by atoms with Crippen LogP contribution < -0.4 is 5.56 Å². The average Bonchev–Trinajstić information content (AvgIpc) is 3.22. The lowest BCUT2D eigenvalue weighted by molar-refractivity contribution is -0.127. The first kappa shape index (κ1) is 24.3. The predicted molar refractivity (Wildman–Crippen MR) is 127 cm³/mol. The van der Waals surface area contributed by atoms with Crippen LogP contribution in [0.3, 0.4) is 0 Å². The van der Waals surface area contributed by atoms with E-state index in [9.17, 15) is 29.0 Å². The Bertz CT molecular complexity index is 1310. The van der Waals surface area contributed by atoms with Gasteiger partial charge in [0.2, 0.25) is 5.91 Å². The van der Waals surface area contributed by atoms with Crippen molar-refractivity contribution in [1.29, 1.82) is 0 Å². The van der Waals surface area contributed by atoms with E-state index in [0.29, 0.717) is 19.4 Å². The van der Waals surface area contributed by atoms with Gasteiger partial charge in [-0.25, -0.2) is 4.39 Å². The molecule has 1 aliphatic rings. The van der Waals surface area contributed by atoms with Gasteiger partial charge in [-0.15, -0.1) is 0 Å². The topological polar surface area (TPSA) is 127 Å². The number of rotatable bonds is 8. The molecule has 0 aliphatic carbocycles. The number of hydrogen-bond acceptors (Lipinski definition) is 6. The molecule has 1 aliphatic heterocycles. The normalized spacial score (nSPS) is 14.5. The first-order chi connectivity index (χ1) is 16.7. The largest absolute Gasteiger partial charge is 0.505 e. The molecule has 1 aromatic carbocycles. The number of likely N-dealkylation sites (tertiary alicyclic amines) is 1. The Balaban J connectivity index is 1.61. The van der Waals surface area contributed by atoms with Crippen molar-refractivity contribution in [2.24, 2.45) is 0 Å². The fraction of sp³-hybridized carbons (Fsp3) is 0.360. The molecule has 4 rings (SSSR count). The molecule has 0 radical (unpaired) electrons. The Kier molecular flexibility index (Phi) is 7.11. The maximum atomic E-state index is 13.3. The lowest BCUT2D eigenvalue weighted by atomic mass is 10.1. The van der Waals surface area contributed by atoms with E-state index < -0.39 is 28.9 Å². The highest BCUT2D eigenvalue weighted by Gasteiger charge is 2.27. The van der Waals surface area contributed by atoms with Gasteiger partial charge in [0.1, 0.15) is 16.9 Å². The fourth-order valence-corrected chi connectivity index (χ4v) is 4.27. The number of aliphatic hydroxyl groups is 1. The number of fused-ring (bicyclic) bond motifs is 1. The van der Waals surface area contributed by atoms with Crippen LogP contribution in [0, 0.1) is 5.82 Å². The predicted octanol–water partition coefficient (Wildman–Crippen LogP) is 1.80. The van der Waals surface area contributed by atoms with Gasteiger partial charge in [0, 0.05) is 38.8 Å². The molecule has 1 fully saturated rings. The Hall–Kier alpha value is -3.79. The lowest BCUT2D eigenvalue weighted by Crippen LogP contribution is -2.43. The lowest BCUT2D eigenvalue weighted by Gasteiger charge is -2.26. The molecule has 9 nitrogen and oxygen atoms in total. The quantitative estimate of drug-likeness (QED) is 0.450. The van der Waals surface area contributed by atoms with Crippen molar-refractivity contribution < 1.29 is 24.2 Å². The number of benzene rings is 1. The molecule has 0 bridgehead atoms. The van der Waals surface area contributed by atoms with Gasteiger partial charge in [0.05, 0.1) is 11.6 Å². The first-order valence-corrected chi connectivity index (χ1v) is 11.5. The standard InChI is InChI=1S/C25H27FN4O5/c1-15(31)14-30(10-9-29-8-2-3-20(29)32)25(35)21-23(33)22-19(28-24(21)34)12-17(13-27-22)11-16-4-6-18(26)7-5-16/h4-7,12-13,15,31H,2-3,8-11,14H2,1H3,(H2,28,33,34)/t15-/m0/s1. The second-order valence-corrected chi connectivity index (χ2v) is 8.81. The zero-order chi connectivity index (χ0) is 25.1. The summed E-state index contributed by atoms with van der Waals surface area (Å²) in [4.78, 5) is 47.8. The maximum absolute atomic E-state index is 13.3. The van der Waals surface area contributed by atoms with Crippen molar-refractivity contribution in [3.63, 3.8) is 0 Å². The van der Waals surface area contributed by atoms with Crippen molar-refractivity contribution in [2.75, 3.05) is 26.2 Å². The Morgan fingerprint density at radius 1 is 1.26 bits per heavy atom. The molecule has 184 valence electrons. The van der Waals surface area contributed by atoms with Crippen LogP contribution in [-0.2, 0) is 11.2 Å². The number of H-pyrrole nitrogens is 1. The molecule has 3 aromatic rings. The molecule has 3 N–H and O–H groups in total. The zero-order valence-corrected chi connectivity index (χ0v) is 19.3. The average molecular weight is 483 g/mol. The number of amides is 2. The third-order valence-corrected chi connectivity index (χ3v) is 6.00. The summed E-state index contributed by atoms with van der Waals surface area (Å²) in [6, 6.07) is 7.65. The summed E-state index contributed by atoms with van der Waals surface area (Å²) in [5, 5.41) is 20.7. The summed E-state index contributed by atoms with van der Waals surface area (Å²) in [5.41, 5.74) is 0.634. The molecule has 0 spiro atoms. The van der Waals surface area contributed by atoms with Crippen LogP contribution in [0.5, 0.6) is 5.75 Å². The van der Waals surface area contributed by atoms with Gasteiger partial charge < -0.3 is 25.0 Å². The van der Waals surface area contributed by atoms with Gasteiger partial charge in [-0.05, 0) is 49.1 Å². The van der Waals surface area contributed by atoms with Crippen molar-refractivity contribution in [2.45, 2.75) is 32.3 Å². The monoisotopic (exact) mass is 482 g/mol. The van der Waals surface area contributed by atoms with E-state index in [1.807, 2.05) is 0 Å². The third-order valence-electron chi connectivity index (χ3n) is 6.00. The molecule has 1 atom stereocenters. The van der Waals surface area contributed by atoms with Crippen molar-refractivity contribution in [3.05, 3.63) is 69.4 Å². The number of hydrogen-bond donors (Lipinski definition) is 3. The summed E-state index contributed by atoms with van der Waals surface area (Å²) in [7, 11) is 0. The summed E-state index contributed by atoms with van der Waals surface area (Å²) in [5.74, 6) is -1.64. The highest BCUT2D eigenvalue weighted by Crippen LogP contribution is 2.25. The molecular formula is C25H27FN4O5. The van der Waals surface area contributed by atoms with Crippen molar-refractivity contribution in [1.82, 2.24) is 19.8 Å². The molecule has 2 aromatic heterocycles. The summed E-state index contributed by atoms with van der Waals surface area (Å²) in [6.45, 7) is 2.42. The molecule has 3 heterocycles. The van der Waals surface area contributed by atoms with Gasteiger partial charge in [0.15, 0.2) is 5.75 Å². The second-order valence-electron chi connectivity index (χ2n) is 8.81. The molecule has 0 saturated carbocycles.